The molecule has 2 amide bonds. The highest BCUT2D eigenvalue weighted by Gasteiger charge is 2.39. The van der Waals surface area contributed by atoms with Crippen LogP contribution in [0.25, 0.3) is 22.5 Å². The van der Waals surface area contributed by atoms with Crippen molar-refractivity contribution in [1.82, 2.24) is 20.2 Å². The van der Waals surface area contributed by atoms with E-state index in [1.54, 1.807) is 0 Å². The summed E-state index contributed by atoms with van der Waals surface area (Å²) < 4.78 is 0. The topological polar surface area (TPSA) is 112 Å². The molecule has 0 bridgehead atoms. The van der Waals surface area contributed by atoms with Crippen molar-refractivity contribution in [3.8, 4) is 22.5 Å². The minimum atomic E-state index is -0.908. The zero-order valence-electron chi connectivity index (χ0n) is 25.7. The molecule has 9 heteroatoms. The number of benzene rings is 2. The van der Waals surface area contributed by atoms with Gasteiger partial charge >= 0.3 is 5.97 Å². The normalized spacial score (nSPS) is 17.7. The first-order valence-electron chi connectivity index (χ1n) is 16.3. The Morgan fingerprint density at radius 2 is 1.48 bits per heavy atom. The van der Waals surface area contributed by atoms with Gasteiger partial charge in [-0.25, -0.2) is 9.97 Å². The van der Waals surface area contributed by atoms with Crippen LogP contribution in [0.4, 0.5) is 0 Å². The van der Waals surface area contributed by atoms with Gasteiger partial charge in [0.25, 0.3) is 5.91 Å². The first-order valence-corrected chi connectivity index (χ1v) is 17.2. The molecule has 46 heavy (non-hydrogen) atoms. The molecule has 1 unspecified atom stereocenters. The molecule has 0 spiro atoms. The van der Waals surface area contributed by atoms with Crippen molar-refractivity contribution in [2.24, 2.45) is 5.92 Å². The average molecular weight is 635 g/mol. The van der Waals surface area contributed by atoms with Gasteiger partial charge in [0, 0.05) is 47.9 Å². The van der Waals surface area contributed by atoms with E-state index in [9.17, 15) is 19.5 Å². The molecule has 7 rings (SSSR count). The van der Waals surface area contributed by atoms with Crippen molar-refractivity contribution in [2.45, 2.75) is 69.2 Å². The van der Waals surface area contributed by atoms with Crippen LogP contribution in [0.2, 0.25) is 0 Å². The number of likely N-dealkylation sites (tertiary alicyclic amines) is 1. The van der Waals surface area contributed by atoms with Crippen LogP contribution in [0, 0.1) is 5.92 Å². The molecule has 2 aliphatic carbocycles. The molecule has 1 atom stereocenters. The number of aromatic nitrogens is 2. The highest BCUT2D eigenvalue weighted by Crippen LogP contribution is 2.43. The van der Waals surface area contributed by atoms with Gasteiger partial charge in [0.1, 0.15) is 6.04 Å². The van der Waals surface area contributed by atoms with Gasteiger partial charge in [-0.05, 0) is 66.3 Å². The summed E-state index contributed by atoms with van der Waals surface area (Å²) >= 11 is 1.48. The van der Waals surface area contributed by atoms with E-state index in [0.29, 0.717) is 22.5 Å². The van der Waals surface area contributed by atoms with Crippen molar-refractivity contribution in [3.05, 3.63) is 93.9 Å². The molecular weight excluding hydrogens is 596 g/mol. The second-order valence-corrected chi connectivity index (χ2v) is 14.0. The van der Waals surface area contributed by atoms with Crippen molar-refractivity contribution >= 4 is 29.1 Å². The minimum Gasteiger partial charge on any atom is -0.481 e. The standard InChI is InChI=1S/C37H38N4O4S/c42-35(33-17-16-32(46-33)27-14-15-27)40-31(36(43)41-21-30(22-41)37(44)45)18-23-6-8-28(9-7-23)34-38-19-29(20-39-34)26-12-10-25(11-13-26)24-4-2-1-3-5-24/h6-13,16-17,19-20,24,27,30-31H,1-5,14-15,18,21-22H2,(H,40,42)(H,44,45). The lowest BCUT2D eigenvalue weighted by atomic mass is 9.84. The molecule has 2 aromatic carbocycles. The molecule has 2 saturated carbocycles. The third kappa shape index (κ3) is 6.75. The van der Waals surface area contributed by atoms with Crippen LogP contribution in [0.15, 0.2) is 73.1 Å². The van der Waals surface area contributed by atoms with Crippen LogP contribution in [0.3, 0.4) is 0 Å². The maximum atomic E-state index is 13.4. The quantitative estimate of drug-likeness (QED) is 0.201. The number of carbonyl (C=O) groups is 3. The summed E-state index contributed by atoms with van der Waals surface area (Å²) in [6, 6.07) is 19.6. The Hall–Kier alpha value is -4.37. The van der Waals surface area contributed by atoms with Gasteiger partial charge in [-0.2, -0.15) is 0 Å². The van der Waals surface area contributed by atoms with E-state index in [1.165, 1.54) is 58.8 Å². The van der Waals surface area contributed by atoms with E-state index in [1.807, 2.05) is 48.8 Å². The fourth-order valence-corrected chi connectivity index (χ4v) is 7.64. The van der Waals surface area contributed by atoms with Crippen LogP contribution in [-0.4, -0.2) is 56.9 Å². The monoisotopic (exact) mass is 634 g/mol. The molecule has 1 aliphatic heterocycles. The number of carboxylic acid groups (broad SMARTS) is 1. The zero-order chi connectivity index (χ0) is 31.6. The fourth-order valence-electron chi connectivity index (χ4n) is 6.56. The van der Waals surface area contributed by atoms with Crippen LogP contribution in [0.5, 0.6) is 0 Å². The van der Waals surface area contributed by atoms with Gasteiger partial charge in [-0.3, -0.25) is 14.4 Å². The van der Waals surface area contributed by atoms with Crippen LogP contribution in [0.1, 0.15) is 82.5 Å². The second-order valence-electron chi connectivity index (χ2n) is 12.9. The molecule has 4 aromatic rings. The fraction of sp³-hybridized carbons (Fsp3) is 0.378. The molecule has 0 radical (unpaired) electrons. The molecule has 3 fully saturated rings. The molecule has 3 heterocycles. The third-order valence-corrected chi connectivity index (χ3v) is 10.8. The summed E-state index contributed by atoms with van der Waals surface area (Å²) in [4.78, 5) is 50.5. The van der Waals surface area contributed by atoms with E-state index < -0.39 is 17.9 Å². The first kappa shape index (κ1) is 30.3. The molecular formula is C37H38N4O4S. The van der Waals surface area contributed by atoms with Crippen LogP contribution in [-0.2, 0) is 16.0 Å². The molecule has 8 nitrogen and oxygen atoms in total. The zero-order valence-corrected chi connectivity index (χ0v) is 26.5. The number of thiophene rings is 1. The predicted octanol–water partition coefficient (Wildman–Crippen LogP) is 6.68. The van der Waals surface area contributed by atoms with Crippen molar-refractivity contribution in [1.29, 1.82) is 0 Å². The number of nitrogens with one attached hydrogen (secondary N) is 1. The van der Waals surface area contributed by atoms with Crippen LogP contribution >= 0.6 is 11.3 Å². The number of carboxylic acids is 1. The summed E-state index contributed by atoms with van der Waals surface area (Å²) in [5.74, 6) is -0.178. The Morgan fingerprint density at radius 3 is 2.13 bits per heavy atom. The van der Waals surface area contributed by atoms with Crippen molar-refractivity contribution < 1.29 is 19.5 Å². The van der Waals surface area contributed by atoms with E-state index >= 15 is 0 Å². The van der Waals surface area contributed by atoms with E-state index in [2.05, 4.69) is 39.6 Å². The lowest BCUT2D eigenvalue weighted by Crippen LogP contribution is -2.59. The minimum absolute atomic E-state index is 0.155. The Morgan fingerprint density at radius 1 is 0.804 bits per heavy atom. The summed E-state index contributed by atoms with van der Waals surface area (Å²) in [6.45, 7) is 0.310. The maximum absolute atomic E-state index is 13.4. The Kier molecular flexibility index (Phi) is 8.67. The van der Waals surface area contributed by atoms with E-state index in [4.69, 9.17) is 0 Å². The number of aliphatic carboxylic acids is 1. The Labute approximate surface area is 272 Å². The number of nitrogens with zero attached hydrogens (tertiary/aromatic N) is 3. The summed E-state index contributed by atoms with van der Waals surface area (Å²) in [6.07, 6.45) is 12.9. The molecule has 3 aliphatic rings. The van der Waals surface area contributed by atoms with Gasteiger partial charge in [0.05, 0.1) is 10.8 Å². The number of carbonyl (C=O) groups excluding carboxylic acids is 2. The van der Waals surface area contributed by atoms with Gasteiger partial charge in [-0.15, -0.1) is 11.3 Å². The molecule has 2 N–H and O–H groups in total. The third-order valence-electron chi connectivity index (χ3n) is 9.60. The lowest BCUT2D eigenvalue weighted by molar-refractivity contribution is -0.153. The van der Waals surface area contributed by atoms with Crippen LogP contribution < -0.4 is 5.32 Å². The van der Waals surface area contributed by atoms with Gasteiger partial charge in [-0.1, -0.05) is 67.8 Å². The first-order chi connectivity index (χ1) is 22.4. The molecule has 2 aromatic heterocycles. The smallest absolute Gasteiger partial charge is 0.310 e. The summed E-state index contributed by atoms with van der Waals surface area (Å²) in [5.41, 5.74) is 5.22. The Balaban J connectivity index is 1.02. The second kappa shape index (κ2) is 13.2. The number of amides is 2. The van der Waals surface area contributed by atoms with Crippen molar-refractivity contribution in [2.75, 3.05) is 13.1 Å². The predicted molar refractivity (Wildman–Crippen MR) is 178 cm³/mol. The van der Waals surface area contributed by atoms with Gasteiger partial charge < -0.3 is 15.3 Å². The molecule has 1 saturated heterocycles. The summed E-state index contributed by atoms with van der Waals surface area (Å²) in [5, 5.41) is 12.2. The summed E-state index contributed by atoms with van der Waals surface area (Å²) in [7, 11) is 0. The number of hydrogen-bond donors (Lipinski definition) is 2. The maximum Gasteiger partial charge on any atom is 0.310 e. The van der Waals surface area contributed by atoms with Gasteiger partial charge in [0.2, 0.25) is 5.91 Å². The molecule has 236 valence electrons. The number of rotatable bonds is 10. The van der Waals surface area contributed by atoms with Gasteiger partial charge in [0.15, 0.2) is 5.82 Å². The average Bonchev–Trinajstić information content (AvgIpc) is 3.80. The Bertz CT molecular complexity index is 1700. The highest BCUT2D eigenvalue weighted by atomic mass is 32.1. The highest BCUT2D eigenvalue weighted by molar-refractivity contribution is 7.14. The SMILES string of the molecule is O=C(NC(Cc1ccc(-c2ncc(-c3ccc(C4CCCCC4)cc3)cn2)cc1)C(=O)N1CC(C(=O)O)C1)c1ccc(C2CC2)s1. The van der Waals surface area contributed by atoms with Crippen molar-refractivity contribution in [3.63, 3.8) is 0 Å². The lowest BCUT2D eigenvalue weighted by Gasteiger charge is -2.38. The van der Waals surface area contributed by atoms with E-state index in [-0.39, 0.29) is 31.3 Å². The largest absolute Gasteiger partial charge is 0.481 e. The number of hydrogen-bond acceptors (Lipinski definition) is 6. The van der Waals surface area contributed by atoms with E-state index in [0.717, 1.165) is 35.1 Å².